The van der Waals surface area contributed by atoms with Crippen molar-refractivity contribution < 1.29 is 19.2 Å². The molecule has 107 heavy (non-hydrogen) atoms. The minimum absolute atomic E-state index is 0.879. The molecule has 0 saturated carbocycles. The summed E-state index contributed by atoms with van der Waals surface area (Å²) in [5, 5.41) is 2.87. The summed E-state index contributed by atoms with van der Waals surface area (Å²) in [5.41, 5.74) is 18.8. The van der Waals surface area contributed by atoms with Gasteiger partial charge in [-0.25, -0.2) is 0 Å². The summed E-state index contributed by atoms with van der Waals surface area (Å²) in [4.78, 5) is 3.47. The van der Waals surface area contributed by atoms with Crippen LogP contribution in [0.1, 0.15) is 552 Å². The van der Waals surface area contributed by atoms with Crippen LogP contribution in [0.5, 0.6) is 0 Å². The second-order valence-electron chi connectivity index (χ2n) is 33.8. The van der Waals surface area contributed by atoms with Crippen molar-refractivity contribution in [2.24, 2.45) is 0 Å². The van der Waals surface area contributed by atoms with Gasteiger partial charge in [0.05, 0.1) is 5.57 Å². The van der Waals surface area contributed by atoms with E-state index in [1.165, 1.54) is 481 Å². The van der Waals surface area contributed by atoms with Gasteiger partial charge in [-0.05, 0) is 98.1 Å². The molecule has 0 saturated heterocycles. The Kier molecular flexibility index (Phi) is 83.9. The van der Waals surface area contributed by atoms with E-state index in [1.807, 2.05) is 0 Å². The maximum atomic E-state index is 9.72. The van der Waals surface area contributed by atoms with E-state index in [2.05, 4.69) is 127 Å². The number of allylic oxidation sites excluding steroid dienone is 4. The summed E-state index contributed by atoms with van der Waals surface area (Å²) < 4.78 is 0. The monoisotopic (exact) mass is 1520 g/mol. The zero-order valence-corrected chi connectivity index (χ0v) is 74.5. The number of hydrogen-bond acceptors (Lipinski definition) is 0. The van der Waals surface area contributed by atoms with Gasteiger partial charge in [0.15, 0.2) is 0 Å². The number of nitrogens with zero attached hydrogens (tertiary/aromatic N) is 2. The number of benzene rings is 2. The van der Waals surface area contributed by atoms with Gasteiger partial charge in [-0.1, -0.05) is 397 Å². The normalized spacial score (nSPS) is 11.8. The molecule has 0 aliphatic carbocycles. The molecule has 624 valence electrons. The number of rotatable bonds is 84. The topological polar surface area (TPSA) is 36.4 Å². The summed E-state index contributed by atoms with van der Waals surface area (Å²) in [5.74, 6) is 3.05. The molecule has 0 heterocycles. The van der Waals surface area contributed by atoms with Crippen LogP contribution >= 0.6 is 0 Å². The van der Waals surface area contributed by atoms with Gasteiger partial charge < -0.3 is 5.53 Å². The summed E-state index contributed by atoms with van der Waals surface area (Å²) >= 11 is 2.05. The Balaban J connectivity index is 0.00000108. The smallest absolute Gasteiger partial charge is 0.0654 e. The van der Waals surface area contributed by atoms with Crippen LogP contribution in [0.4, 0.5) is 0 Å². The Bertz CT molecular complexity index is 2170. The third-order valence-electron chi connectivity index (χ3n) is 23.5. The van der Waals surface area contributed by atoms with Gasteiger partial charge in [-0.2, -0.15) is 0 Å². The molecule has 2 nitrogen and oxygen atoms in total. The third-order valence-corrected chi connectivity index (χ3v) is 24.9. The molecule has 2 aromatic rings. The van der Waals surface area contributed by atoms with Gasteiger partial charge in [0.25, 0.3) is 0 Å². The molecule has 3 heteroatoms. The molecule has 0 amide bonds. The van der Waals surface area contributed by atoms with Crippen molar-refractivity contribution in [2.45, 2.75) is 553 Å². The first kappa shape index (κ1) is 103. The van der Waals surface area contributed by atoms with Crippen molar-refractivity contribution >= 4 is 11.4 Å². The minimum Gasteiger partial charge on any atom is -0.0654 e. The molecule has 0 N–H and O–H groups in total. The standard InChI is InChI=1S/C54H86N2.2C25H51.Ni/c1-5-9-13-15-16-17-18-19-20-21-22-23-24-25-26-27-28-29-30-31-32-33-37-48-43-45-50(46-44-48)54(52-42-36-35-40-49(52)39-34-14-10-6-2)53(41-12-8-4)51(47-56-55)38-11-7-3;2*1-3-5-7-9-11-13-15-17-19-21-23-25-24-22-20-18-16-14-12-10-8-6-4-2;/h6,10,35-36,40,42-46H,5,7-9,11-34,37-39,41H2,1-4H3;2*1,3-25H2,2H3;. The van der Waals surface area contributed by atoms with E-state index in [0.717, 1.165) is 69.8 Å². The SMILES string of the molecule is CC=CCCCc1ccccc1C(=C(CCCC)C(=C=[N+]=[N-])CCCC)c1ccc(CCCCCCCCCCCCCCCCCCCCCCCC)cc1.CCCCCCCCCCCCCCCCCCCCCCCC[CH2][Ni][CH2]CCCCCCCCCCCCCCCCCCCCCCCC. The van der Waals surface area contributed by atoms with Crippen LogP contribution in [0, 0.1) is 0 Å². The number of unbranched alkanes of at least 4 members (excludes halogenated alkanes) is 68. The Hall–Kier alpha value is -2.43. The van der Waals surface area contributed by atoms with Gasteiger partial charge in [-0.15, -0.1) is 4.79 Å². The molecule has 0 aromatic heterocycles. The van der Waals surface area contributed by atoms with Crippen molar-refractivity contribution in [3.05, 3.63) is 99.6 Å². The van der Waals surface area contributed by atoms with E-state index < -0.39 is 0 Å². The van der Waals surface area contributed by atoms with Crippen molar-refractivity contribution in [2.75, 3.05) is 0 Å². The van der Waals surface area contributed by atoms with Gasteiger partial charge in [0.1, 0.15) is 0 Å². The van der Waals surface area contributed by atoms with Gasteiger partial charge >= 0.3 is 172 Å². The number of aryl methyl sites for hydroxylation is 2. The van der Waals surface area contributed by atoms with Gasteiger partial charge in [-0.3, -0.25) is 0 Å². The fourth-order valence-corrected chi connectivity index (χ4v) is 17.5. The number of hydrogen-bond donors (Lipinski definition) is 0. The van der Waals surface area contributed by atoms with Crippen LogP contribution in [-0.4, -0.2) is 10.7 Å². The average Bonchev–Trinajstić information content (AvgIpc) is 0.794. The summed E-state index contributed by atoms with van der Waals surface area (Å²) in [6.07, 6.45) is 115. The Morgan fingerprint density at radius 2 is 0.589 bits per heavy atom. The summed E-state index contributed by atoms with van der Waals surface area (Å²) in [6.45, 7) is 13.5. The quantitative estimate of drug-likeness (QED) is 0.0120. The Morgan fingerprint density at radius 1 is 0.308 bits per heavy atom. The van der Waals surface area contributed by atoms with Crippen molar-refractivity contribution in [3.8, 4) is 0 Å². The van der Waals surface area contributed by atoms with Crippen molar-refractivity contribution in [1.29, 1.82) is 0 Å². The van der Waals surface area contributed by atoms with E-state index in [-0.39, 0.29) is 0 Å². The Morgan fingerprint density at radius 3 is 0.888 bits per heavy atom. The minimum atomic E-state index is 0.879. The second-order valence-corrected chi connectivity index (χ2v) is 35.3. The van der Waals surface area contributed by atoms with E-state index >= 15 is 0 Å². The van der Waals surface area contributed by atoms with Crippen LogP contribution in [0.2, 0.25) is 10.8 Å². The van der Waals surface area contributed by atoms with Crippen LogP contribution in [0.25, 0.3) is 11.1 Å². The molecule has 2 aromatic carbocycles. The first-order valence-corrected chi connectivity index (χ1v) is 50.4. The molecule has 0 unspecified atom stereocenters. The van der Waals surface area contributed by atoms with Crippen LogP contribution < -0.4 is 0 Å². The molecule has 0 bridgehead atoms. The van der Waals surface area contributed by atoms with E-state index in [9.17, 15) is 5.53 Å². The Labute approximate surface area is 679 Å². The second kappa shape index (κ2) is 87.5. The molecular weight excluding hydrogens is 1340 g/mol. The fourth-order valence-electron chi connectivity index (χ4n) is 16.3. The fraction of sp³-hybridized carbons (Fsp3) is 0.827. The zero-order chi connectivity index (χ0) is 76.8. The van der Waals surface area contributed by atoms with Crippen LogP contribution in [0.3, 0.4) is 0 Å². The molecule has 0 fully saturated rings. The van der Waals surface area contributed by atoms with Gasteiger partial charge in [0, 0.05) is 0 Å². The van der Waals surface area contributed by atoms with Crippen LogP contribution in [-0.2, 0) is 27.3 Å². The van der Waals surface area contributed by atoms with Crippen molar-refractivity contribution in [3.63, 3.8) is 0 Å². The van der Waals surface area contributed by atoms with E-state index in [0.29, 0.717) is 0 Å². The van der Waals surface area contributed by atoms with Gasteiger partial charge in [0.2, 0.25) is 0 Å². The third kappa shape index (κ3) is 70.0. The first-order valence-electron chi connectivity index (χ1n) is 49.0. The summed E-state index contributed by atoms with van der Waals surface area (Å²) in [6, 6.07) is 18.5. The molecule has 0 atom stereocenters. The molecular formula is C104H188N2Ni. The zero-order valence-electron chi connectivity index (χ0n) is 73.6. The first-order chi connectivity index (χ1) is 53.1. The molecule has 2 rings (SSSR count). The van der Waals surface area contributed by atoms with E-state index in [1.54, 1.807) is 0 Å². The van der Waals surface area contributed by atoms with E-state index in [4.69, 9.17) is 0 Å². The molecule has 0 aliphatic rings. The molecule has 0 radical (unpaired) electrons. The van der Waals surface area contributed by atoms with Crippen molar-refractivity contribution in [1.82, 2.24) is 0 Å². The predicted octanol–water partition coefficient (Wildman–Crippen LogP) is 37.6. The molecule has 0 spiro atoms. The average molecular weight is 1530 g/mol. The molecule has 0 aliphatic heterocycles. The maximum absolute atomic E-state index is 9.72. The van der Waals surface area contributed by atoms with Crippen LogP contribution in [0.15, 0.2) is 71.8 Å². The predicted molar refractivity (Wildman–Crippen MR) is 482 cm³/mol. The summed E-state index contributed by atoms with van der Waals surface area (Å²) in [7, 11) is 0.